The van der Waals surface area contributed by atoms with Gasteiger partial charge in [-0.05, 0) is 48.5 Å². The molecule has 35 heavy (non-hydrogen) atoms. The number of halogens is 1. The molecule has 0 fully saturated rings. The predicted octanol–water partition coefficient (Wildman–Crippen LogP) is 6.04. The van der Waals surface area contributed by atoms with Crippen molar-refractivity contribution in [3.63, 3.8) is 0 Å². The Bertz CT molecular complexity index is 1450. The number of thiazole rings is 1. The Balaban J connectivity index is 1.32. The second-order valence-corrected chi connectivity index (χ2v) is 9.41. The number of hydrogen-bond acceptors (Lipinski definition) is 8. The second-order valence-electron chi connectivity index (χ2n) is 7.17. The lowest BCUT2D eigenvalue weighted by Gasteiger charge is -2.09. The Labute approximate surface area is 213 Å². The van der Waals surface area contributed by atoms with Crippen LogP contribution in [0.1, 0.15) is 0 Å². The first-order chi connectivity index (χ1) is 17.1. The van der Waals surface area contributed by atoms with E-state index in [0.29, 0.717) is 26.9 Å². The molecular weight excluding hydrogens is 506 g/mol. The molecule has 0 bridgehead atoms. The van der Waals surface area contributed by atoms with E-state index in [4.69, 9.17) is 20.8 Å². The number of nitrogens with one attached hydrogen (secondary N) is 1. The molecule has 176 valence electrons. The number of carbonyl (C=O) groups is 1. The third-order valence-electron chi connectivity index (χ3n) is 4.93. The van der Waals surface area contributed by atoms with Gasteiger partial charge in [-0.2, -0.15) is 0 Å². The molecule has 0 aliphatic heterocycles. The summed E-state index contributed by atoms with van der Waals surface area (Å²) in [6.07, 6.45) is 1.57. The van der Waals surface area contributed by atoms with Crippen LogP contribution >= 0.6 is 34.7 Å². The summed E-state index contributed by atoms with van der Waals surface area (Å²) in [6.45, 7) is 0. The molecule has 3 aromatic heterocycles. The van der Waals surface area contributed by atoms with Gasteiger partial charge >= 0.3 is 0 Å². The van der Waals surface area contributed by atoms with Gasteiger partial charge in [0, 0.05) is 21.7 Å². The van der Waals surface area contributed by atoms with Crippen LogP contribution in [0.4, 0.5) is 5.13 Å². The van der Waals surface area contributed by atoms with Crippen LogP contribution in [-0.4, -0.2) is 38.5 Å². The van der Waals surface area contributed by atoms with Gasteiger partial charge in [-0.25, -0.2) is 4.98 Å². The maximum atomic E-state index is 12.7. The average molecular weight is 524 g/mol. The first kappa shape index (κ1) is 23.2. The van der Waals surface area contributed by atoms with Crippen molar-refractivity contribution in [2.75, 3.05) is 18.2 Å². The van der Waals surface area contributed by atoms with Crippen molar-refractivity contribution in [3.8, 4) is 34.3 Å². The number of nitrogens with zero attached hydrogens (tertiary/aromatic N) is 4. The van der Waals surface area contributed by atoms with Crippen LogP contribution in [-0.2, 0) is 4.79 Å². The van der Waals surface area contributed by atoms with Gasteiger partial charge < -0.3 is 14.5 Å². The summed E-state index contributed by atoms with van der Waals surface area (Å²) < 4.78 is 12.8. The number of thioether (sulfide) groups is 1. The number of aromatic nitrogens is 4. The molecule has 0 radical (unpaired) electrons. The summed E-state index contributed by atoms with van der Waals surface area (Å²) in [6, 6.07) is 18.5. The summed E-state index contributed by atoms with van der Waals surface area (Å²) in [7, 11) is 1.62. The zero-order chi connectivity index (χ0) is 24.2. The molecule has 11 heteroatoms. The molecule has 8 nitrogen and oxygen atoms in total. The normalized spacial score (nSPS) is 10.9. The average Bonchev–Trinajstić information content (AvgIpc) is 3.64. The number of hydrogen-bond donors (Lipinski definition) is 1. The van der Waals surface area contributed by atoms with E-state index in [9.17, 15) is 4.79 Å². The maximum Gasteiger partial charge on any atom is 0.236 e. The Morgan fingerprint density at radius 1 is 1.14 bits per heavy atom. The van der Waals surface area contributed by atoms with E-state index in [-0.39, 0.29) is 11.7 Å². The first-order valence-electron chi connectivity index (χ1n) is 10.4. The molecule has 0 aliphatic carbocycles. The summed E-state index contributed by atoms with van der Waals surface area (Å²) in [5.74, 6) is 1.73. The highest BCUT2D eigenvalue weighted by Crippen LogP contribution is 2.32. The number of anilines is 1. The zero-order valence-corrected chi connectivity index (χ0v) is 20.7. The minimum atomic E-state index is -0.207. The van der Waals surface area contributed by atoms with E-state index < -0.39 is 0 Å². The zero-order valence-electron chi connectivity index (χ0n) is 18.3. The van der Waals surface area contributed by atoms with Crippen molar-refractivity contribution in [1.29, 1.82) is 0 Å². The molecule has 0 aliphatic rings. The largest absolute Gasteiger partial charge is 0.496 e. The van der Waals surface area contributed by atoms with Crippen molar-refractivity contribution in [3.05, 3.63) is 77.3 Å². The van der Waals surface area contributed by atoms with Crippen LogP contribution in [0.5, 0.6) is 5.75 Å². The highest BCUT2D eigenvalue weighted by Gasteiger charge is 2.19. The summed E-state index contributed by atoms with van der Waals surface area (Å²) in [5, 5.41) is 15.0. The minimum Gasteiger partial charge on any atom is -0.496 e. The molecule has 1 amide bonds. The minimum absolute atomic E-state index is 0.119. The fourth-order valence-corrected chi connectivity index (χ4v) is 4.95. The van der Waals surface area contributed by atoms with Gasteiger partial charge in [-0.15, -0.1) is 21.5 Å². The highest BCUT2D eigenvalue weighted by atomic mass is 35.5. The Kier molecular flexibility index (Phi) is 6.84. The number of rotatable bonds is 8. The van der Waals surface area contributed by atoms with Crippen molar-refractivity contribution in [2.45, 2.75) is 5.16 Å². The van der Waals surface area contributed by atoms with Crippen LogP contribution < -0.4 is 10.1 Å². The number of benzene rings is 2. The number of methoxy groups -OCH3 is 1. The van der Waals surface area contributed by atoms with E-state index in [2.05, 4.69) is 20.5 Å². The third kappa shape index (κ3) is 5.09. The fraction of sp³-hybridized carbons (Fsp3) is 0.0833. The lowest BCUT2D eigenvalue weighted by atomic mass is 10.1. The van der Waals surface area contributed by atoms with Gasteiger partial charge in [0.1, 0.15) is 5.75 Å². The van der Waals surface area contributed by atoms with E-state index in [1.165, 1.54) is 23.1 Å². The van der Waals surface area contributed by atoms with Crippen molar-refractivity contribution >= 4 is 45.7 Å². The van der Waals surface area contributed by atoms with E-state index in [1.807, 2.05) is 46.3 Å². The van der Waals surface area contributed by atoms with E-state index >= 15 is 0 Å². The topological polar surface area (TPSA) is 95.1 Å². The lowest BCUT2D eigenvalue weighted by Crippen LogP contribution is -2.14. The third-order valence-corrected chi connectivity index (χ3v) is 6.86. The molecular formula is C24H18ClN5O3S2. The van der Waals surface area contributed by atoms with Crippen LogP contribution in [0.25, 0.3) is 28.5 Å². The number of ether oxygens (including phenoxy) is 1. The Morgan fingerprint density at radius 2 is 1.97 bits per heavy atom. The summed E-state index contributed by atoms with van der Waals surface area (Å²) in [4.78, 5) is 17.2. The fourth-order valence-electron chi connectivity index (χ4n) is 3.35. The van der Waals surface area contributed by atoms with Gasteiger partial charge in [0.25, 0.3) is 0 Å². The maximum absolute atomic E-state index is 12.7. The summed E-state index contributed by atoms with van der Waals surface area (Å²) in [5.41, 5.74) is 2.40. The monoisotopic (exact) mass is 523 g/mol. The van der Waals surface area contributed by atoms with Gasteiger partial charge in [-0.3, -0.25) is 9.36 Å². The van der Waals surface area contributed by atoms with Gasteiger partial charge in [0.2, 0.25) is 11.7 Å². The number of amides is 1. The molecule has 0 unspecified atom stereocenters. The molecule has 5 rings (SSSR count). The molecule has 1 N–H and O–H groups in total. The summed E-state index contributed by atoms with van der Waals surface area (Å²) >= 11 is 8.67. The van der Waals surface area contributed by atoms with Gasteiger partial charge in [0.05, 0.1) is 24.8 Å². The van der Waals surface area contributed by atoms with Crippen LogP contribution in [0, 0.1) is 0 Å². The van der Waals surface area contributed by atoms with Crippen molar-refractivity contribution in [2.24, 2.45) is 0 Å². The number of carbonyl (C=O) groups excluding carboxylic acids is 1. The van der Waals surface area contributed by atoms with Crippen molar-refractivity contribution < 1.29 is 13.9 Å². The molecule has 0 saturated carbocycles. The molecule has 5 aromatic rings. The molecule has 0 saturated heterocycles. The number of furan rings is 1. The van der Waals surface area contributed by atoms with Crippen LogP contribution in [0.2, 0.25) is 5.02 Å². The highest BCUT2D eigenvalue weighted by molar-refractivity contribution is 7.99. The predicted molar refractivity (Wildman–Crippen MR) is 138 cm³/mol. The van der Waals surface area contributed by atoms with Crippen LogP contribution in [0.15, 0.2) is 81.9 Å². The molecule has 0 atom stereocenters. The Hall–Kier alpha value is -3.60. The van der Waals surface area contributed by atoms with Crippen LogP contribution in [0.3, 0.4) is 0 Å². The molecule has 3 heterocycles. The van der Waals surface area contributed by atoms with Crippen molar-refractivity contribution in [1.82, 2.24) is 19.7 Å². The van der Waals surface area contributed by atoms with E-state index in [1.54, 1.807) is 37.6 Å². The van der Waals surface area contributed by atoms with Gasteiger partial charge in [-0.1, -0.05) is 35.5 Å². The lowest BCUT2D eigenvalue weighted by molar-refractivity contribution is -0.113. The Morgan fingerprint density at radius 3 is 2.74 bits per heavy atom. The molecule has 0 spiro atoms. The first-order valence-corrected chi connectivity index (χ1v) is 12.6. The quantitative estimate of drug-likeness (QED) is 0.247. The smallest absolute Gasteiger partial charge is 0.236 e. The van der Waals surface area contributed by atoms with Gasteiger partial charge in [0.15, 0.2) is 16.0 Å². The SMILES string of the molecule is COc1ccccc1-c1csc(NC(=O)CSc2nnc(-c3ccco3)n2-c2ccc(Cl)cc2)n1. The standard InChI is InChI=1S/C24H18ClN5O3S2/c1-32-19-6-3-2-5-17(19)18-13-34-23(26-18)27-21(31)14-35-24-29-28-22(20-7-4-12-33-20)30(24)16-10-8-15(25)9-11-16/h2-13H,14H2,1H3,(H,26,27,31). The van der Waals surface area contributed by atoms with E-state index in [0.717, 1.165) is 22.7 Å². The second kappa shape index (κ2) is 10.3. The molecule has 2 aromatic carbocycles. The number of para-hydroxylation sites is 1.